The molecule has 2 N–H and O–H groups in total. The summed E-state index contributed by atoms with van der Waals surface area (Å²) in [5.74, 6) is 7.32. The maximum absolute atomic E-state index is 12.3. The lowest BCUT2D eigenvalue weighted by Gasteiger charge is -2.09. The van der Waals surface area contributed by atoms with E-state index in [2.05, 4.69) is 70.6 Å². The van der Waals surface area contributed by atoms with E-state index in [0.717, 1.165) is 51.9 Å². The maximum Gasteiger partial charge on any atom is 0.235 e. The molecule has 0 bridgehead atoms. The summed E-state index contributed by atoms with van der Waals surface area (Å²) in [5, 5.41) is 8.88. The molecule has 5 nitrogen and oxygen atoms in total. The first-order chi connectivity index (χ1) is 17.0. The van der Waals surface area contributed by atoms with E-state index in [4.69, 9.17) is 0 Å². The molecule has 2 aromatic heterocycles. The Hall–Kier alpha value is -3.82. The number of amides is 1. The third-order valence-corrected chi connectivity index (χ3v) is 7.46. The number of pyridine rings is 2. The molecule has 1 amide bonds. The van der Waals surface area contributed by atoms with Crippen molar-refractivity contribution in [3.63, 3.8) is 0 Å². The number of aromatic nitrogens is 2. The lowest BCUT2D eigenvalue weighted by molar-refractivity contribution is -0.117. The van der Waals surface area contributed by atoms with E-state index < -0.39 is 0 Å². The number of carbonyl (C=O) groups is 1. The third kappa shape index (κ3) is 4.13. The van der Waals surface area contributed by atoms with Gasteiger partial charge in [-0.2, -0.15) is 0 Å². The van der Waals surface area contributed by atoms with Gasteiger partial charge in [-0.3, -0.25) is 4.79 Å². The standard InChI is InChI=1S/C29H24N4OS/c1-18(2)35-22-7-5-21(6-8-22)32-27-16-23-20(17-31-27)11-14-30-25(23)10-4-19-3-9-24-26(15-19)33-28(34)29(24)12-13-29/h3,5-9,11,14-18H,12-13H2,1-2H3,(H,31,32)(H,33,34). The van der Waals surface area contributed by atoms with E-state index in [-0.39, 0.29) is 11.3 Å². The highest BCUT2D eigenvalue weighted by molar-refractivity contribution is 7.99. The number of benzene rings is 2. The van der Waals surface area contributed by atoms with Crippen LogP contribution in [0.4, 0.5) is 17.2 Å². The summed E-state index contributed by atoms with van der Waals surface area (Å²) in [6.07, 6.45) is 5.46. The molecule has 0 radical (unpaired) electrons. The predicted molar refractivity (Wildman–Crippen MR) is 142 cm³/mol. The zero-order chi connectivity index (χ0) is 24.0. The van der Waals surface area contributed by atoms with Crippen LogP contribution in [0.2, 0.25) is 0 Å². The van der Waals surface area contributed by atoms with Crippen LogP contribution in [-0.4, -0.2) is 21.1 Å². The number of thioether (sulfide) groups is 1. The van der Waals surface area contributed by atoms with Gasteiger partial charge >= 0.3 is 0 Å². The van der Waals surface area contributed by atoms with Crippen molar-refractivity contribution in [1.82, 2.24) is 9.97 Å². The molecule has 3 heterocycles. The molecule has 0 saturated heterocycles. The highest BCUT2D eigenvalue weighted by Crippen LogP contribution is 2.55. The van der Waals surface area contributed by atoms with Gasteiger partial charge in [-0.1, -0.05) is 25.8 Å². The molecule has 1 spiro atoms. The smallest absolute Gasteiger partial charge is 0.235 e. The van der Waals surface area contributed by atoms with Crippen LogP contribution < -0.4 is 10.6 Å². The van der Waals surface area contributed by atoms with E-state index in [0.29, 0.717) is 10.9 Å². The van der Waals surface area contributed by atoms with Gasteiger partial charge in [0.15, 0.2) is 0 Å². The fraction of sp³-hybridized carbons (Fsp3) is 0.207. The highest BCUT2D eigenvalue weighted by Gasteiger charge is 2.56. The van der Waals surface area contributed by atoms with Crippen LogP contribution in [-0.2, 0) is 10.2 Å². The monoisotopic (exact) mass is 476 g/mol. The van der Waals surface area contributed by atoms with Crippen LogP contribution in [0.5, 0.6) is 0 Å². The Morgan fingerprint density at radius 1 is 1.03 bits per heavy atom. The second-order valence-corrected chi connectivity index (χ2v) is 11.0. The summed E-state index contributed by atoms with van der Waals surface area (Å²) >= 11 is 1.84. The molecule has 1 aliphatic carbocycles. The van der Waals surface area contributed by atoms with Crippen molar-refractivity contribution in [2.45, 2.75) is 42.2 Å². The number of nitrogens with one attached hydrogen (secondary N) is 2. The van der Waals surface area contributed by atoms with E-state index in [1.807, 2.05) is 48.3 Å². The Kier molecular flexibility index (Phi) is 5.23. The van der Waals surface area contributed by atoms with Gasteiger partial charge in [0.1, 0.15) is 11.5 Å². The van der Waals surface area contributed by atoms with E-state index in [9.17, 15) is 4.79 Å². The highest BCUT2D eigenvalue weighted by atomic mass is 32.2. The van der Waals surface area contributed by atoms with Gasteiger partial charge in [0.05, 0.1) is 5.41 Å². The molecule has 0 atom stereocenters. The molecule has 1 aliphatic heterocycles. The summed E-state index contributed by atoms with van der Waals surface area (Å²) in [6, 6.07) is 18.3. The van der Waals surface area contributed by atoms with Gasteiger partial charge in [0.2, 0.25) is 5.91 Å². The van der Waals surface area contributed by atoms with Crippen LogP contribution >= 0.6 is 11.8 Å². The summed E-state index contributed by atoms with van der Waals surface area (Å²) in [7, 11) is 0. The van der Waals surface area contributed by atoms with Crippen molar-refractivity contribution >= 4 is 45.6 Å². The Morgan fingerprint density at radius 3 is 2.63 bits per heavy atom. The molecule has 35 heavy (non-hydrogen) atoms. The van der Waals surface area contributed by atoms with Gasteiger partial charge in [-0.25, -0.2) is 9.97 Å². The average Bonchev–Trinajstić information content (AvgIpc) is 3.61. The van der Waals surface area contributed by atoms with Crippen molar-refractivity contribution in [1.29, 1.82) is 0 Å². The zero-order valence-corrected chi connectivity index (χ0v) is 20.4. The van der Waals surface area contributed by atoms with Crippen LogP contribution in [0.25, 0.3) is 10.8 Å². The largest absolute Gasteiger partial charge is 0.340 e. The lowest BCUT2D eigenvalue weighted by atomic mass is 9.97. The van der Waals surface area contributed by atoms with Crippen LogP contribution in [0.3, 0.4) is 0 Å². The fourth-order valence-corrected chi connectivity index (χ4v) is 5.37. The second-order valence-electron chi connectivity index (χ2n) is 9.31. The minimum absolute atomic E-state index is 0.120. The molecule has 2 aliphatic rings. The minimum Gasteiger partial charge on any atom is -0.340 e. The number of nitrogens with zero attached hydrogens (tertiary/aromatic N) is 2. The first kappa shape index (κ1) is 21.7. The number of carbonyl (C=O) groups excluding carboxylic acids is 1. The Balaban J connectivity index is 1.27. The second kappa shape index (κ2) is 8.44. The molecule has 4 aromatic rings. The molecule has 6 heteroatoms. The van der Waals surface area contributed by atoms with Gasteiger partial charge < -0.3 is 10.6 Å². The molecule has 0 unspecified atom stereocenters. The summed E-state index contributed by atoms with van der Waals surface area (Å²) < 4.78 is 0. The molecule has 6 rings (SSSR count). The molecule has 1 fully saturated rings. The number of hydrogen-bond donors (Lipinski definition) is 2. The number of anilines is 3. The maximum atomic E-state index is 12.3. The Bertz CT molecular complexity index is 1530. The topological polar surface area (TPSA) is 66.9 Å². The lowest BCUT2D eigenvalue weighted by Crippen LogP contribution is -2.18. The van der Waals surface area contributed by atoms with Gasteiger partial charge in [0, 0.05) is 50.2 Å². The number of fused-ring (bicyclic) bond motifs is 3. The predicted octanol–water partition coefficient (Wildman–Crippen LogP) is 6.26. The van der Waals surface area contributed by atoms with E-state index >= 15 is 0 Å². The summed E-state index contributed by atoms with van der Waals surface area (Å²) in [5.41, 5.74) is 4.25. The van der Waals surface area contributed by atoms with Crippen LogP contribution in [0.15, 0.2) is 71.9 Å². The first-order valence-electron chi connectivity index (χ1n) is 11.8. The van der Waals surface area contributed by atoms with Gasteiger partial charge in [-0.15, -0.1) is 11.8 Å². The quantitative estimate of drug-likeness (QED) is 0.269. The number of rotatable bonds is 4. The summed E-state index contributed by atoms with van der Waals surface area (Å²) in [6.45, 7) is 4.38. The fourth-order valence-electron chi connectivity index (χ4n) is 4.53. The van der Waals surface area contributed by atoms with Crippen LogP contribution in [0, 0.1) is 11.8 Å². The van der Waals surface area contributed by atoms with E-state index in [1.54, 1.807) is 6.20 Å². The first-order valence-corrected chi connectivity index (χ1v) is 12.6. The minimum atomic E-state index is -0.275. The van der Waals surface area contributed by atoms with E-state index in [1.165, 1.54) is 4.90 Å². The van der Waals surface area contributed by atoms with Crippen molar-refractivity contribution in [3.05, 3.63) is 83.8 Å². The van der Waals surface area contributed by atoms with Gasteiger partial charge in [-0.05, 0) is 72.9 Å². The molecule has 1 saturated carbocycles. The average molecular weight is 477 g/mol. The molecular formula is C29H24N4OS. The third-order valence-electron chi connectivity index (χ3n) is 6.44. The SMILES string of the molecule is CC(C)Sc1ccc(Nc2cc3c(C#Cc4ccc5c(c4)NC(=O)C54CC4)nccc3cn2)cc1. The van der Waals surface area contributed by atoms with Crippen molar-refractivity contribution in [3.8, 4) is 11.8 Å². The zero-order valence-electron chi connectivity index (χ0n) is 19.6. The molecular weight excluding hydrogens is 452 g/mol. The molecule has 172 valence electrons. The van der Waals surface area contributed by atoms with Gasteiger partial charge in [0.25, 0.3) is 0 Å². The number of hydrogen-bond acceptors (Lipinski definition) is 5. The summed E-state index contributed by atoms with van der Waals surface area (Å²) in [4.78, 5) is 22.6. The van der Waals surface area contributed by atoms with Crippen LogP contribution in [0.1, 0.15) is 43.5 Å². The normalized spacial score (nSPS) is 15.0. The molecule has 2 aromatic carbocycles. The van der Waals surface area contributed by atoms with Crippen molar-refractivity contribution < 1.29 is 4.79 Å². The van der Waals surface area contributed by atoms with Crippen molar-refractivity contribution in [2.24, 2.45) is 0 Å². The Morgan fingerprint density at radius 2 is 1.86 bits per heavy atom. The Labute approximate surface area is 208 Å². The van der Waals surface area contributed by atoms with Crippen molar-refractivity contribution in [2.75, 3.05) is 10.6 Å².